The summed E-state index contributed by atoms with van der Waals surface area (Å²) < 4.78 is 26.8. The minimum Gasteiger partial charge on any atom is -0.334 e. The number of aryl methyl sites for hydroxylation is 1. The number of anilines is 1. The molecule has 1 aliphatic heterocycles. The van der Waals surface area contributed by atoms with E-state index in [-0.39, 0.29) is 36.2 Å². The van der Waals surface area contributed by atoms with Crippen LogP contribution in [0, 0.1) is 12.8 Å². The van der Waals surface area contributed by atoms with E-state index >= 15 is 0 Å². The van der Waals surface area contributed by atoms with Gasteiger partial charge in [-0.25, -0.2) is 13.2 Å². The van der Waals surface area contributed by atoms with Crippen molar-refractivity contribution in [3.8, 4) is 0 Å². The summed E-state index contributed by atoms with van der Waals surface area (Å²) in [6.45, 7) is 8.96. The molecule has 1 fully saturated rings. The van der Waals surface area contributed by atoms with Crippen LogP contribution in [0.15, 0.2) is 48.5 Å². The van der Waals surface area contributed by atoms with Crippen molar-refractivity contribution in [2.45, 2.75) is 53.1 Å². The molecular formula is C28H39ClN4O4S. The van der Waals surface area contributed by atoms with Gasteiger partial charge in [0.2, 0.25) is 15.9 Å². The molecular weight excluding hydrogens is 524 g/mol. The van der Waals surface area contributed by atoms with Crippen LogP contribution < -0.4 is 5.32 Å². The molecule has 0 atom stereocenters. The zero-order valence-corrected chi connectivity index (χ0v) is 24.3. The lowest BCUT2D eigenvalue weighted by molar-refractivity contribution is -0.135. The fraction of sp³-hybridized carbons (Fsp3) is 0.500. The summed E-state index contributed by atoms with van der Waals surface area (Å²) in [5.74, 6) is -0.175. The number of piperidine rings is 1. The number of likely N-dealkylation sites (tertiary alicyclic amines) is 1. The van der Waals surface area contributed by atoms with E-state index in [4.69, 9.17) is 11.6 Å². The molecule has 8 nitrogen and oxygen atoms in total. The van der Waals surface area contributed by atoms with E-state index in [1.165, 1.54) is 4.31 Å². The molecule has 1 aliphatic rings. The van der Waals surface area contributed by atoms with Crippen LogP contribution >= 0.6 is 11.6 Å². The van der Waals surface area contributed by atoms with Gasteiger partial charge in [0, 0.05) is 42.9 Å². The second kappa shape index (κ2) is 13.4. The summed E-state index contributed by atoms with van der Waals surface area (Å²) >= 11 is 6.03. The van der Waals surface area contributed by atoms with Gasteiger partial charge in [0.25, 0.3) is 0 Å². The average molecular weight is 563 g/mol. The molecule has 0 bridgehead atoms. The van der Waals surface area contributed by atoms with Crippen molar-refractivity contribution < 1.29 is 18.0 Å². The molecule has 3 rings (SSSR count). The van der Waals surface area contributed by atoms with Crippen LogP contribution in [0.25, 0.3) is 0 Å². The fourth-order valence-corrected chi connectivity index (χ4v) is 5.96. The largest absolute Gasteiger partial charge is 0.334 e. The standard InChI is InChI=1S/C28H39ClN4O4S/c1-5-38(36,37)32(18-21(2)3)20-27(34)33(19-23-11-9-22(4)10-12-23)26-13-15-31(16-14-26)28(35)30-25-8-6-7-24(29)17-25/h6-12,17,21,26H,5,13-16,18-20H2,1-4H3,(H,30,35). The van der Waals surface area contributed by atoms with Crippen LogP contribution in [0.2, 0.25) is 5.02 Å². The van der Waals surface area contributed by atoms with Gasteiger partial charge in [-0.15, -0.1) is 0 Å². The smallest absolute Gasteiger partial charge is 0.321 e. The van der Waals surface area contributed by atoms with Crippen molar-refractivity contribution in [2.75, 3.05) is 37.2 Å². The van der Waals surface area contributed by atoms with E-state index in [0.717, 1.165) is 11.1 Å². The number of benzene rings is 2. The van der Waals surface area contributed by atoms with Gasteiger partial charge in [-0.3, -0.25) is 4.79 Å². The minimum atomic E-state index is -3.53. The van der Waals surface area contributed by atoms with E-state index in [1.54, 1.807) is 41.0 Å². The van der Waals surface area contributed by atoms with Crippen molar-refractivity contribution >= 4 is 39.2 Å². The molecule has 1 heterocycles. The van der Waals surface area contributed by atoms with Crippen molar-refractivity contribution in [1.82, 2.24) is 14.1 Å². The van der Waals surface area contributed by atoms with Crippen LogP contribution in [0.5, 0.6) is 0 Å². The van der Waals surface area contributed by atoms with Gasteiger partial charge in [0.15, 0.2) is 0 Å². The molecule has 38 heavy (non-hydrogen) atoms. The lowest BCUT2D eigenvalue weighted by atomic mass is 10.0. The number of nitrogens with one attached hydrogen (secondary N) is 1. The Kier molecular flexibility index (Phi) is 10.6. The van der Waals surface area contributed by atoms with Gasteiger partial charge in [0.1, 0.15) is 0 Å². The van der Waals surface area contributed by atoms with E-state index < -0.39 is 10.0 Å². The number of halogens is 1. The average Bonchev–Trinajstić information content (AvgIpc) is 2.87. The SMILES string of the molecule is CCS(=O)(=O)N(CC(=O)N(Cc1ccc(C)cc1)C1CCN(C(=O)Nc2cccc(Cl)c2)CC1)CC(C)C. The van der Waals surface area contributed by atoms with Crippen LogP contribution in [-0.2, 0) is 21.4 Å². The third kappa shape index (κ3) is 8.44. The Balaban J connectivity index is 1.73. The fourth-order valence-electron chi connectivity index (χ4n) is 4.57. The summed E-state index contributed by atoms with van der Waals surface area (Å²) in [6, 6.07) is 14.7. The van der Waals surface area contributed by atoms with E-state index in [0.29, 0.717) is 49.7 Å². The Morgan fingerprint density at radius 2 is 1.76 bits per heavy atom. The summed E-state index contributed by atoms with van der Waals surface area (Å²) in [5.41, 5.74) is 2.74. The lowest BCUT2D eigenvalue weighted by Gasteiger charge is -2.39. The number of carbonyl (C=O) groups excluding carboxylic acids is 2. The predicted molar refractivity (Wildman–Crippen MR) is 153 cm³/mol. The molecule has 0 radical (unpaired) electrons. The molecule has 0 aliphatic carbocycles. The van der Waals surface area contributed by atoms with Crippen molar-refractivity contribution in [1.29, 1.82) is 0 Å². The monoisotopic (exact) mass is 562 g/mol. The first-order chi connectivity index (χ1) is 18.0. The van der Waals surface area contributed by atoms with Crippen molar-refractivity contribution in [3.05, 3.63) is 64.7 Å². The quantitative estimate of drug-likeness (QED) is 0.442. The van der Waals surface area contributed by atoms with Crippen LogP contribution in [0.4, 0.5) is 10.5 Å². The summed E-state index contributed by atoms with van der Waals surface area (Å²) in [4.78, 5) is 30.0. The van der Waals surface area contributed by atoms with Gasteiger partial charge in [0.05, 0.1) is 12.3 Å². The van der Waals surface area contributed by atoms with Crippen molar-refractivity contribution in [2.24, 2.45) is 5.92 Å². The molecule has 1 saturated heterocycles. The Bertz CT molecular complexity index is 1200. The molecule has 1 N–H and O–H groups in total. The van der Waals surface area contributed by atoms with E-state index in [9.17, 15) is 18.0 Å². The molecule has 3 amide bonds. The number of hydrogen-bond acceptors (Lipinski definition) is 4. The summed E-state index contributed by atoms with van der Waals surface area (Å²) in [5, 5.41) is 3.43. The van der Waals surface area contributed by atoms with Gasteiger partial charge in [-0.2, -0.15) is 4.31 Å². The first-order valence-corrected chi connectivity index (χ1v) is 15.1. The van der Waals surface area contributed by atoms with Crippen LogP contribution in [0.1, 0.15) is 44.7 Å². The van der Waals surface area contributed by atoms with E-state index in [2.05, 4.69) is 5.32 Å². The zero-order chi connectivity index (χ0) is 27.9. The Morgan fingerprint density at radius 3 is 2.34 bits per heavy atom. The van der Waals surface area contributed by atoms with Gasteiger partial charge in [-0.05, 0) is 56.4 Å². The number of nitrogens with zero attached hydrogens (tertiary/aromatic N) is 3. The Labute approximate surface area is 232 Å². The molecule has 2 aromatic rings. The van der Waals surface area contributed by atoms with Gasteiger partial charge < -0.3 is 15.1 Å². The van der Waals surface area contributed by atoms with Crippen molar-refractivity contribution in [3.63, 3.8) is 0 Å². The topological polar surface area (TPSA) is 90.0 Å². The summed E-state index contributed by atoms with van der Waals surface area (Å²) in [6.07, 6.45) is 1.20. The number of urea groups is 1. The molecule has 0 spiro atoms. The number of rotatable bonds is 10. The maximum absolute atomic E-state index is 13.7. The van der Waals surface area contributed by atoms with E-state index in [1.807, 2.05) is 45.0 Å². The molecule has 10 heteroatoms. The molecule has 208 valence electrons. The number of hydrogen-bond donors (Lipinski definition) is 1. The predicted octanol–water partition coefficient (Wildman–Crippen LogP) is 4.98. The second-order valence-electron chi connectivity index (χ2n) is 10.3. The highest BCUT2D eigenvalue weighted by atomic mass is 35.5. The van der Waals surface area contributed by atoms with Crippen LogP contribution in [0.3, 0.4) is 0 Å². The van der Waals surface area contributed by atoms with Gasteiger partial charge in [-0.1, -0.05) is 61.3 Å². The second-order valence-corrected chi connectivity index (χ2v) is 12.9. The minimum absolute atomic E-state index is 0.0505. The number of amides is 3. The molecule has 0 unspecified atom stereocenters. The maximum Gasteiger partial charge on any atom is 0.321 e. The number of carbonyl (C=O) groups is 2. The highest BCUT2D eigenvalue weighted by Gasteiger charge is 2.32. The Morgan fingerprint density at radius 1 is 1.11 bits per heavy atom. The maximum atomic E-state index is 13.7. The molecule has 2 aromatic carbocycles. The van der Waals surface area contributed by atoms with Crippen LogP contribution in [-0.4, -0.2) is 72.4 Å². The lowest BCUT2D eigenvalue weighted by Crippen LogP contribution is -2.52. The first kappa shape index (κ1) is 29.9. The third-order valence-corrected chi connectivity index (χ3v) is 8.73. The first-order valence-electron chi connectivity index (χ1n) is 13.1. The molecule has 0 aromatic heterocycles. The Hall–Kier alpha value is -2.62. The normalized spacial score (nSPS) is 14.7. The number of sulfonamides is 1. The molecule has 0 saturated carbocycles. The highest BCUT2D eigenvalue weighted by molar-refractivity contribution is 7.89. The zero-order valence-electron chi connectivity index (χ0n) is 22.7. The highest BCUT2D eigenvalue weighted by Crippen LogP contribution is 2.22. The van der Waals surface area contributed by atoms with Gasteiger partial charge >= 0.3 is 6.03 Å². The third-order valence-electron chi connectivity index (χ3n) is 6.70. The summed E-state index contributed by atoms with van der Waals surface area (Å²) in [7, 11) is -3.53.